The molecule has 4 heteroatoms. The average molecular weight is 551 g/mol. The number of aryl methyl sites for hydroxylation is 1. The highest BCUT2D eigenvalue weighted by Crippen LogP contribution is 2.68. The zero-order valence-corrected chi connectivity index (χ0v) is 25.5. The topological polar surface area (TPSA) is 6.48 Å². The van der Waals surface area contributed by atoms with Gasteiger partial charge < -0.3 is 9.80 Å². The van der Waals surface area contributed by atoms with E-state index in [1.165, 1.54) is 71.4 Å². The van der Waals surface area contributed by atoms with Crippen LogP contribution >= 0.6 is 10.0 Å². The first kappa shape index (κ1) is 24.9. The van der Waals surface area contributed by atoms with Crippen LogP contribution in [-0.4, -0.2) is 19.2 Å². The summed E-state index contributed by atoms with van der Waals surface area (Å²) in [6, 6.07) is 39.3. The highest BCUT2D eigenvalue weighted by molar-refractivity contribution is 8.33. The Morgan fingerprint density at radius 1 is 0.610 bits per heavy atom. The Labute approximate surface area is 246 Å². The fourth-order valence-electron chi connectivity index (χ4n) is 7.27. The summed E-state index contributed by atoms with van der Waals surface area (Å²) in [4.78, 5) is 8.05. The van der Waals surface area contributed by atoms with Crippen molar-refractivity contribution >= 4 is 67.3 Å². The van der Waals surface area contributed by atoms with Gasteiger partial charge in [-0.15, -0.1) is 0 Å². The molecule has 5 aromatic rings. The van der Waals surface area contributed by atoms with Gasteiger partial charge in [0.25, 0.3) is 6.71 Å². The number of hydrogen-bond donors (Lipinski definition) is 0. The number of nitrogens with zero attached hydrogens (tertiary/aromatic N) is 2. The van der Waals surface area contributed by atoms with Gasteiger partial charge in [0.15, 0.2) is 0 Å². The molecule has 0 aromatic heterocycles. The summed E-state index contributed by atoms with van der Waals surface area (Å²) in [6.45, 7) is 9.26. The molecule has 0 bridgehead atoms. The molecule has 0 saturated carbocycles. The first-order chi connectivity index (χ1) is 19.7. The third-order valence-corrected chi connectivity index (χ3v) is 12.2. The molecule has 0 amide bonds. The molecule has 0 fully saturated rings. The second kappa shape index (κ2) is 8.33. The van der Waals surface area contributed by atoms with Crippen LogP contribution in [0.5, 0.6) is 0 Å². The number of benzene rings is 5. The molecule has 0 atom stereocenters. The predicted octanol–water partition coefficient (Wildman–Crippen LogP) is 8.17. The lowest BCUT2D eigenvalue weighted by atomic mass is 9.33. The van der Waals surface area contributed by atoms with Gasteiger partial charge in [-0.3, -0.25) is 0 Å². The van der Waals surface area contributed by atoms with E-state index in [-0.39, 0.29) is 12.1 Å². The number of para-hydroxylation sites is 2. The SMILES string of the molecule is Cc1ccc2c(c1)S(C)(C)c1ccc3c4c1N2c1ccccc1B4c1ccccc1N3c1ccc(C(C)(C)C)cc1. The smallest absolute Gasteiger partial charge is 0.252 e. The lowest BCUT2D eigenvalue weighted by molar-refractivity contribution is 0.590. The fraction of sp³-hybridized carbons (Fsp3) is 0.189. The van der Waals surface area contributed by atoms with Gasteiger partial charge in [0.2, 0.25) is 0 Å². The van der Waals surface area contributed by atoms with Crippen LogP contribution in [0.4, 0.5) is 34.1 Å². The normalized spacial score (nSPS) is 16.4. The Bertz CT molecular complexity index is 1880. The van der Waals surface area contributed by atoms with Crippen LogP contribution in [0.3, 0.4) is 0 Å². The van der Waals surface area contributed by atoms with Crippen molar-refractivity contribution in [1.82, 2.24) is 0 Å². The Morgan fingerprint density at radius 3 is 1.88 bits per heavy atom. The van der Waals surface area contributed by atoms with E-state index in [1.807, 2.05) is 0 Å². The van der Waals surface area contributed by atoms with Crippen molar-refractivity contribution in [2.45, 2.75) is 42.9 Å². The molecule has 0 saturated heterocycles. The molecule has 3 aliphatic rings. The van der Waals surface area contributed by atoms with Gasteiger partial charge >= 0.3 is 0 Å². The molecule has 0 aliphatic carbocycles. The van der Waals surface area contributed by atoms with Crippen LogP contribution in [0.15, 0.2) is 113 Å². The number of hydrogen-bond acceptors (Lipinski definition) is 2. The van der Waals surface area contributed by atoms with E-state index in [0.29, 0.717) is 0 Å². The summed E-state index contributed by atoms with van der Waals surface area (Å²) >= 11 is 0. The van der Waals surface area contributed by atoms with Crippen LogP contribution in [0, 0.1) is 6.92 Å². The molecule has 0 spiro atoms. The summed E-state index contributed by atoms with van der Waals surface area (Å²) in [5.41, 5.74) is 14.8. The summed E-state index contributed by atoms with van der Waals surface area (Å²) < 4.78 is 0. The van der Waals surface area contributed by atoms with Crippen molar-refractivity contribution in [3.05, 3.63) is 114 Å². The van der Waals surface area contributed by atoms with Crippen molar-refractivity contribution in [2.24, 2.45) is 0 Å². The molecule has 0 unspecified atom stereocenters. The first-order valence-corrected chi connectivity index (χ1v) is 17.0. The minimum Gasteiger partial charge on any atom is -0.311 e. The van der Waals surface area contributed by atoms with E-state index >= 15 is 0 Å². The van der Waals surface area contributed by atoms with Crippen molar-refractivity contribution in [3.63, 3.8) is 0 Å². The quantitative estimate of drug-likeness (QED) is 0.190. The van der Waals surface area contributed by atoms with Crippen molar-refractivity contribution < 1.29 is 0 Å². The summed E-state index contributed by atoms with van der Waals surface area (Å²) in [5.74, 6) is 0. The summed E-state index contributed by atoms with van der Waals surface area (Å²) in [6.07, 6.45) is 4.96. The van der Waals surface area contributed by atoms with Gasteiger partial charge in [-0.2, -0.15) is 10.0 Å². The maximum absolute atomic E-state index is 2.59. The third kappa shape index (κ3) is 3.34. The highest BCUT2D eigenvalue weighted by atomic mass is 32.3. The molecular weight excluding hydrogens is 515 g/mol. The molecule has 202 valence electrons. The lowest BCUT2D eigenvalue weighted by Gasteiger charge is -2.51. The van der Waals surface area contributed by atoms with Crippen molar-refractivity contribution in [3.8, 4) is 0 Å². The molecule has 5 aromatic carbocycles. The van der Waals surface area contributed by atoms with E-state index in [2.05, 4.69) is 153 Å². The number of rotatable bonds is 1. The van der Waals surface area contributed by atoms with E-state index in [0.717, 1.165) is 0 Å². The van der Waals surface area contributed by atoms with E-state index in [4.69, 9.17) is 0 Å². The molecule has 2 nitrogen and oxygen atoms in total. The Balaban J connectivity index is 1.46. The van der Waals surface area contributed by atoms with Crippen molar-refractivity contribution in [2.75, 3.05) is 22.3 Å². The zero-order chi connectivity index (χ0) is 28.3. The van der Waals surface area contributed by atoms with Gasteiger partial charge in [-0.1, -0.05) is 75.4 Å². The summed E-state index contributed by atoms with van der Waals surface area (Å²) in [5, 5.41) is 0. The minimum atomic E-state index is -1.22. The second-order valence-corrected chi connectivity index (χ2v) is 16.7. The highest BCUT2D eigenvalue weighted by Gasteiger charge is 2.47. The second-order valence-electron chi connectivity index (χ2n) is 13.2. The van der Waals surface area contributed by atoms with Gasteiger partial charge in [-0.05, 0) is 101 Å². The molecule has 0 N–H and O–H groups in total. The third-order valence-electron chi connectivity index (χ3n) is 9.33. The standard InChI is InChI=1S/C37H35BN2S/c1-24-15-20-31-34(23-24)41(5,6)33-22-21-32-35-36(33)40(31)30-14-10-8-12-28(30)38(35)27-11-7-9-13-29(27)39(32)26-18-16-25(17-19-26)37(2,3)4/h7-23H,1-6H3. The Morgan fingerprint density at radius 2 is 1.22 bits per heavy atom. The summed E-state index contributed by atoms with van der Waals surface area (Å²) in [7, 11) is -1.22. The van der Waals surface area contributed by atoms with Gasteiger partial charge in [0.05, 0.1) is 11.4 Å². The van der Waals surface area contributed by atoms with Crippen LogP contribution in [0.25, 0.3) is 0 Å². The first-order valence-electron chi connectivity index (χ1n) is 14.6. The monoisotopic (exact) mass is 550 g/mol. The van der Waals surface area contributed by atoms with Crippen LogP contribution in [-0.2, 0) is 5.41 Å². The van der Waals surface area contributed by atoms with Crippen molar-refractivity contribution in [1.29, 1.82) is 0 Å². The molecule has 3 aliphatic heterocycles. The molecular formula is C37H35BN2S. The molecule has 8 rings (SSSR count). The minimum absolute atomic E-state index is 0.117. The van der Waals surface area contributed by atoms with Gasteiger partial charge in [-0.25, -0.2) is 0 Å². The largest absolute Gasteiger partial charge is 0.311 e. The number of fused-ring (bicyclic) bond motifs is 7. The lowest BCUT2D eigenvalue weighted by Crippen LogP contribution is -2.61. The number of anilines is 6. The van der Waals surface area contributed by atoms with E-state index < -0.39 is 10.0 Å². The fourth-order valence-corrected chi connectivity index (χ4v) is 9.76. The maximum Gasteiger partial charge on any atom is 0.252 e. The maximum atomic E-state index is 2.59. The zero-order valence-electron chi connectivity index (χ0n) is 24.7. The van der Waals surface area contributed by atoms with Gasteiger partial charge in [0.1, 0.15) is 0 Å². The Hall–Kier alpha value is -3.89. The van der Waals surface area contributed by atoms with Crippen LogP contribution < -0.4 is 26.2 Å². The van der Waals surface area contributed by atoms with E-state index in [9.17, 15) is 0 Å². The van der Waals surface area contributed by atoms with Gasteiger partial charge in [0, 0.05) is 32.5 Å². The van der Waals surface area contributed by atoms with Crippen LogP contribution in [0.1, 0.15) is 31.9 Å². The molecule has 3 heterocycles. The predicted molar refractivity (Wildman–Crippen MR) is 180 cm³/mol. The Kier molecular flexibility index (Phi) is 5.05. The van der Waals surface area contributed by atoms with E-state index in [1.54, 1.807) is 0 Å². The molecule has 0 radical (unpaired) electrons. The molecule has 41 heavy (non-hydrogen) atoms. The van der Waals surface area contributed by atoms with Crippen LogP contribution in [0.2, 0.25) is 0 Å². The average Bonchev–Trinajstić information content (AvgIpc) is 2.96.